The van der Waals surface area contributed by atoms with Crippen LogP contribution < -0.4 is 10.6 Å². The molecule has 3 fully saturated rings. The number of hydrogen-bond acceptors (Lipinski definition) is 18. The van der Waals surface area contributed by atoms with Gasteiger partial charge in [0.25, 0.3) is 5.91 Å². The molecule has 8 rings (SSSR count). The van der Waals surface area contributed by atoms with E-state index in [4.69, 9.17) is 52.3 Å². The number of ether oxygens (including phenoxy) is 2. The number of nitrogens with zero attached hydrogens (tertiary/aromatic N) is 7. The van der Waals surface area contributed by atoms with Crippen molar-refractivity contribution in [3.63, 3.8) is 0 Å². The van der Waals surface area contributed by atoms with Crippen LogP contribution in [0.25, 0.3) is 16.9 Å². The zero-order valence-electron chi connectivity index (χ0n) is 40.8. The summed E-state index contributed by atoms with van der Waals surface area (Å²) >= 11 is 6.15. The number of imidazole rings is 1. The Hall–Kier alpha value is -4.01. The number of benzene rings is 1. The van der Waals surface area contributed by atoms with E-state index in [2.05, 4.69) is 64.9 Å². The molecule has 0 spiro atoms. The van der Waals surface area contributed by atoms with E-state index in [0.29, 0.717) is 5.56 Å². The van der Waals surface area contributed by atoms with Crippen molar-refractivity contribution in [2.24, 2.45) is 4.99 Å². The van der Waals surface area contributed by atoms with Crippen LogP contribution in [0.5, 0.6) is 0 Å². The Kier molecular flexibility index (Phi) is 16.6. The van der Waals surface area contributed by atoms with Crippen LogP contribution in [0.3, 0.4) is 0 Å². The fraction of sp³-hybridized carbons (Fsp3) is 0.545. The second kappa shape index (κ2) is 22.1. The molecule has 390 valence electrons. The average molecular weight is 1090 g/mol. The van der Waals surface area contributed by atoms with Crippen LogP contribution in [0.15, 0.2) is 60.8 Å². The molecule has 21 nitrogen and oxygen atoms in total. The highest BCUT2D eigenvalue weighted by molar-refractivity contribution is 8.07. The van der Waals surface area contributed by atoms with Crippen LogP contribution >= 0.6 is 15.0 Å². The minimum absolute atomic E-state index is 0.00231. The number of halogens is 2. The van der Waals surface area contributed by atoms with Gasteiger partial charge >= 0.3 is 32.1 Å². The quantitative estimate of drug-likeness (QED) is 0.0481. The van der Waals surface area contributed by atoms with E-state index in [-0.39, 0.29) is 75.9 Å². The first kappa shape index (κ1) is 54.3. The standard InChI is InChI=1S/C44H59F2N9O12P2SSi2/c1-24(2)71(25(3)4)61-20-32-37(66-72(67-71,26(5)6)27(7)8)38(44(63-32)54-18-30(45)33-28(9)48-21-50-40(33)54)65-69(70,59-17-13-16-47)60-19-31-36(64-68(57)58)34(46)43(62-31)55-23-52-35-39(49-22-51-41(35)55)53-42(56)29-14-11-10-12-15-29/h10-12,14-15,18,21-27,31-32,34,36-38,43-44,68H,9,13,17,19-20H2,1-8H3,(H,48,50)(H,57,58)(H,49,51,53,56)/t31-,32-,34-,36-,37-,38-,43-,44-,69?/m1/s1. The molecule has 28 heteroatoms. The number of nitriles is 1. The third-order valence-electron chi connectivity index (χ3n) is 13.1. The number of fused-ring (bicyclic) bond motifs is 3. The predicted octanol–water partition coefficient (Wildman–Crippen LogP) is 8.37. The SMILES string of the molecule is C=C1NC=Nc2c1c(F)cn2[C@@H]1O[C@@H]2CO[Si](C(C)C)(C(C)C)O[Si](C(C)C)(C(C)C)O[C@H]2[C@H]1OP(=S)(OCCC#N)OC[C@H]1O[C@@H](n2cnc3c(NC(=O)c4ccccc4)ncnc32)[C@H](F)[C@@H]1O[PH](=O)O. The summed E-state index contributed by atoms with van der Waals surface area (Å²) in [7, 11) is -10.3. The molecular formula is C44H59F2N9O12P2SSi2. The second-order valence-corrected chi connectivity index (χ2v) is 31.4. The van der Waals surface area contributed by atoms with Gasteiger partial charge in [-0.2, -0.15) is 5.26 Å². The topological polar surface area (TPSA) is 246 Å². The van der Waals surface area contributed by atoms with Crippen molar-refractivity contribution in [1.29, 1.82) is 5.26 Å². The third kappa shape index (κ3) is 10.5. The first-order valence-electron chi connectivity index (χ1n) is 23.5. The van der Waals surface area contributed by atoms with E-state index in [1.54, 1.807) is 30.3 Å². The number of aromatic nitrogens is 5. The largest absolute Gasteiger partial charge is 0.414 e. The van der Waals surface area contributed by atoms with E-state index in [1.165, 1.54) is 28.0 Å². The molecule has 3 N–H and O–H groups in total. The van der Waals surface area contributed by atoms with Crippen molar-refractivity contribution in [3.8, 4) is 6.07 Å². The lowest BCUT2D eigenvalue weighted by Crippen LogP contribution is -2.65. The summed E-state index contributed by atoms with van der Waals surface area (Å²) in [4.78, 5) is 40.3. The van der Waals surface area contributed by atoms with Gasteiger partial charge in [0.05, 0.1) is 50.5 Å². The molecule has 3 aromatic heterocycles. The average Bonchev–Trinajstić information content (AvgIpc) is 4.08. The van der Waals surface area contributed by atoms with Crippen LogP contribution in [-0.2, 0) is 56.9 Å². The van der Waals surface area contributed by atoms with Gasteiger partial charge < -0.3 is 56.1 Å². The summed E-state index contributed by atoms with van der Waals surface area (Å²) in [6, 6.07) is 10.4. The molecule has 10 atom stereocenters. The molecular weight excluding hydrogens is 1030 g/mol. The maximum absolute atomic E-state index is 16.8. The monoisotopic (exact) mass is 1090 g/mol. The van der Waals surface area contributed by atoms with Crippen LogP contribution in [-0.4, -0.2) is 115 Å². The van der Waals surface area contributed by atoms with Crippen molar-refractivity contribution in [2.75, 3.05) is 25.1 Å². The summed E-state index contributed by atoms with van der Waals surface area (Å²) in [6.45, 7) is 15.4. The molecule has 4 aliphatic rings. The number of carbonyl (C=O) groups excluding carboxylic acids is 1. The summed E-state index contributed by atoms with van der Waals surface area (Å²) in [5.74, 6) is -0.942. The highest BCUT2D eigenvalue weighted by Crippen LogP contribution is 2.58. The van der Waals surface area contributed by atoms with Crippen molar-refractivity contribution < 1.29 is 63.6 Å². The molecule has 3 saturated heterocycles. The van der Waals surface area contributed by atoms with Crippen LogP contribution in [0.4, 0.5) is 20.4 Å². The van der Waals surface area contributed by atoms with Gasteiger partial charge in [-0.05, 0) is 46.1 Å². The molecule has 0 saturated carbocycles. The Morgan fingerprint density at radius 2 is 1.75 bits per heavy atom. The number of anilines is 1. The number of carbonyl (C=O) groups is 1. The van der Waals surface area contributed by atoms with E-state index >= 15 is 8.78 Å². The van der Waals surface area contributed by atoms with E-state index in [9.17, 15) is 19.5 Å². The fourth-order valence-electron chi connectivity index (χ4n) is 9.61. The highest BCUT2D eigenvalue weighted by Gasteiger charge is 2.63. The number of amides is 1. The van der Waals surface area contributed by atoms with E-state index in [1.807, 2.05) is 33.8 Å². The van der Waals surface area contributed by atoms with Gasteiger partial charge in [0, 0.05) is 17.5 Å². The predicted molar refractivity (Wildman–Crippen MR) is 268 cm³/mol. The first-order chi connectivity index (χ1) is 34.2. The lowest BCUT2D eigenvalue weighted by Gasteiger charge is -2.51. The molecule has 1 amide bonds. The third-order valence-corrected chi connectivity index (χ3v) is 26.2. The van der Waals surface area contributed by atoms with Gasteiger partial charge in [0.1, 0.15) is 42.7 Å². The Morgan fingerprint density at radius 3 is 2.42 bits per heavy atom. The van der Waals surface area contributed by atoms with Gasteiger partial charge in [-0.25, -0.2) is 28.7 Å². The Bertz CT molecular complexity index is 2770. The molecule has 7 heterocycles. The number of rotatable bonds is 18. The van der Waals surface area contributed by atoms with Gasteiger partial charge in [0.2, 0.25) is 0 Å². The summed E-state index contributed by atoms with van der Waals surface area (Å²) < 4.78 is 108. The van der Waals surface area contributed by atoms with E-state index in [0.717, 1.165) is 6.33 Å². The normalized spacial score (nSPS) is 27.1. The maximum atomic E-state index is 16.8. The number of alkyl halides is 1. The first-order valence-corrected chi connectivity index (χ1v) is 31.2. The lowest BCUT2D eigenvalue weighted by molar-refractivity contribution is -0.0591. The Morgan fingerprint density at radius 1 is 1.04 bits per heavy atom. The Balaban J connectivity index is 1.15. The Labute approximate surface area is 423 Å². The smallest absolute Gasteiger partial charge is 0.335 e. The van der Waals surface area contributed by atoms with Gasteiger partial charge in [0.15, 0.2) is 41.4 Å². The molecule has 4 aliphatic heterocycles. The zero-order chi connectivity index (χ0) is 51.9. The number of nitrogens with one attached hydrogen (secondary N) is 2. The molecule has 72 heavy (non-hydrogen) atoms. The van der Waals surface area contributed by atoms with Crippen molar-refractivity contribution in [1.82, 2.24) is 29.4 Å². The highest BCUT2D eigenvalue weighted by atomic mass is 32.5. The molecule has 4 aromatic rings. The maximum Gasteiger partial charge on any atom is 0.335 e. The zero-order valence-corrected chi connectivity index (χ0v) is 45.6. The second-order valence-electron chi connectivity index (χ2n) is 18.9. The van der Waals surface area contributed by atoms with Crippen LogP contribution in [0, 0.1) is 17.1 Å². The number of hydrogen-bond donors (Lipinski definition) is 3. The fourth-order valence-corrected chi connectivity index (χ4v) is 23.4. The summed E-state index contributed by atoms with van der Waals surface area (Å²) in [6.07, 6.45) is -6.47. The summed E-state index contributed by atoms with van der Waals surface area (Å²) in [5.41, 5.74) is 0.577. The molecule has 0 aliphatic carbocycles. The van der Waals surface area contributed by atoms with E-state index < -0.39 is 99.6 Å². The van der Waals surface area contributed by atoms with Crippen LogP contribution in [0.2, 0.25) is 22.2 Å². The lowest BCUT2D eigenvalue weighted by atomic mass is 10.1. The molecule has 2 unspecified atom stereocenters. The van der Waals surface area contributed by atoms with Crippen molar-refractivity contribution in [2.45, 2.75) is 133 Å². The molecule has 0 radical (unpaired) electrons. The van der Waals surface area contributed by atoms with Crippen LogP contribution in [0.1, 0.15) is 90.2 Å². The molecule has 1 aromatic carbocycles. The minimum atomic E-state index is -4.20. The van der Waals surface area contributed by atoms with Crippen molar-refractivity contribution in [3.05, 3.63) is 72.7 Å². The minimum Gasteiger partial charge on any atom is -0.414 e. The molecule has 0 bridgehead atoms. The number of aliphatic imine (C=N–C) groups is 1. The van der Waals surface area contributed by atoms with Crippen molar-refractivity contribution >= 4 is 84.6 Å². The van der Waals surface area contributed by atoms with Gasteiger partial charge in [-0.15, -0.1) is 0 Å². The summed E-state index contributed by atoms with van der Waals surface area (Å²) in [5, 5.41) is 15.1. The van der Waals surface area contributed by atoms with Gasteiger partial charge in [-0.3, -0.25) is 18.5 Å². The van der Waals surface area contributed by atoms with Gasteiger partial charge in [-0.1, -0.05) is 80.2 Å².